The predicted octanol–water partition coefficient (Wildman–Crippen LogP) is 2.78. The second kappa shape index (κ2) is 21.5. The van der Waals surface area contributed by atoms with Crippen LogP contribution >= 0.6 is 0 Å². The third kappa shape index (κ3) is 12.1. The zero-order valence-electron chi connectivity index (χ0n) is 38.4. The van der Waals surface area contributed by atoms with Gasteiger partial charge in [-0.3, -0.25) is 9.59 Å². The molecule has 16 heteroatoms. The summed E-state index contributed by atoms with van der Waals surface area (Å²) in [5, 5.41) is 1.73. The Morgan fingerprint density at radius 1 is 0.750 bits per heavy atom. The third-order valence-corrected chi connectivity index (χ3v) is 10.3. The molecule has 2 heterocycles. The standard InChI is InChI=1S/C48H59N4O11.ClH/c1-31-11-16-37-42(23-31)59-21-22-60-43-26-36(47-34-14-12-32(49(5)6)24-40(34)62-41-25-33(50(7)8)13-15-35(41)47)39(61-30-46(55)63-48(2,3)4)27-38(43)52(29-45(54)57-10)18-20-58-19-17-51(37)28-44(53)56-9;/h11-16,23-27H,17-22,28-30H2,1-10H3;1H/q+1;/p-1. The van der Waals surface area contributed by atoms with Crippen LogP contribution in [0.3, 0.4) is 0 Å². The molecule has 0 aromatic heterocycles. The van der Waals surface area contributed by atoms with Crippen molar-refractivity contribution >= 4 is 45.9 Å². The number of fused-ring (bicyclic) bond motifs is 4. The first-order valence-electron chi connectivity index (χ1n) is 20.8. The number of esters is 3. The summed E-state index contributed by atoms with van der Waals surface area (Å²) in [6.07, 6.45) is 0. The number of aryl methyl sites for hydroxylation is 1. The first-order chi connectivity index (χ1) is 30.0. The van der Waals surface area contributed by atoms with Gasteiger partial charge in [0, 0.05) is 73.1 Å². The number of methoxy groups -OCH3 is 2. The van der Waals surface area contributed by atoms with E-state index in [-0.39, 0.29) is 58.5 Å². The second-order valence-electron chi connectivity index (χ2n) is 16.6. The summed E-state index contributed by atoms with van der Waals surface area (Å²) in [4.78, 5) is 44.5. The Kier molecular flexibility index (Phi) is 16.4. The van der Waals surface area contributed by atoms with Gasteiger partial charge in [-0.2, -0.15) is 0 Å². The normalized spacial score (nSPS) is 13.5. The lowest BCUT2D eigenvalue weighted by Crippen LogP contribution is -3.00. The lowest BCUT2D eigenvalue weighted by molar-refractivity contribution is -0.157. The SMILES string of the molecule is COC(=O)CN1CCOCCN(CC(=O)OC)c2cc(OCC(=O)OC(C)(C)C)c(-c3c4ccc(=[N+](C)C)cc-4oc4cc(N(C)C)ccc34)cc2OCCOc2cc(C)ccc21.[Cl-]. The minimum atomic E-state index is -0.746. The molecule has 64 heavy (non-hydrogen) atoms. The Hall–Kier alpha value is -6.19. The van der Waals surface area contributed by atoms with Gasteiger partial charge in [-0.1, -0.05) is 6.07 Å². The van der Waals surface area contributed by atoms with Crippen molar-refractivity contribution in [3.05, 3.63) is 77.7 Å². The average molecular weight is 903 g/mol. The molecular weight excluding hydrogens is 844 g/mol. The number of rotatable bonds is 9. The molecule has 0 spiro atoms. The molecule has 3 aromatic carbocycles. The Bertz CT molecular complexity index is 2490. The van der Waals surface area contributed by atoms with Crippen LogP contribution in [-0.2, 0) is 33.3 Å². The molecule has 0 unspecified atom stereocenters. The van der Waals surface area contributed by atoms with E-state index in [0.29, 0.717) is 52.1 Å². The van der Waals surface area contributed by atoms with Crippen molar-refractivity contribution in [3.8, 4) is 39.7 Å². The number of hydrogen-bond acceptors (Lipinski definition) is 14. The second-order valence-corrected chi connectivity index (χ2v) is 16.6. The number of halogens is 1. The lowest BCUT2D eigenvalue weighted by atomic mass is 9.92. The van der Waals surface area contributed by atoms with Crippen LogP contribution in [0, 0.1) is 6.92 Å². The number of carbonyl (C=O) groups excluding carboxylic acids is 3. The van der Waals surface area contributed by atoms with Crippen molar-refractivity contribution in [1.29, 1.82) is 0 Å². The molecule has 6 rings (SSSR count). The summed E-state index contributed by atoms with van der Waals surface area (Å²) in [7, 11) is 10.6. The monoisotopic (exact) mass is 902 g/mol. The van der Waals surface area contributed by atoms with E-state index in [9.17, 15) is 14.4 Å². The van der Waals surface area contributed by atoms with E-state index in [1.165, 1.54) is 14.2 Å². The van der Waals surface area contributed by atoms with Gasteiger partial charge in [-0.15, -0.1) is 0 Å². The molecule has 344 valence electrons. The van der Waals surface area contributed by atoms with Crippen molar-refractivity contribution in [1.82, 2.24) is 4.58 Å². The van der Waals surface area contributed by atoms with Crippen LogP contribution in [0.5, 0.6) is 17.2 Å². The smallest absolute Gasteiger partial charge is 0.344 e. The molecular formula is C48H59ClN4O11. The van der Waals surface area contributed by atoms with Gasteiger partial charge in [0.2, 0.25) is 5.36 Å². The largest absolute Gasteiger partial charge is 1.00 e. The summed E-state index contributed by atoms with van der Waals surface area (Å²) in [6.45, 7) is 7.99. The highest BCUT2D eigenvalue weighted by Crippen LogP contribution is 2.48. The maximum atomic E-state index is 13.3. The van der Waals surface area contributed by atoms with Crippen molar-refractivity contribution in [3.63, 3.8) is 0 Å². The van der Waals surface area contributed by atoms with Crippen LogP contribution in [0.2, 0.25) is 0 Å². The van der Waals surface area contributed by atoms with Crippen LogP contribution in [-0.4, -0.2) is 125 Å². The lowest BCUT2D eigenvalue weighted by Gasteiger charge is -2.28. The van der Waals surface area contributed by atoms with Gasteiger partial charge in [0.15, 0.2) is 6.61 Å². The Morgan fingerprint density at radius 3 is 2.00 bits per heavy atom. The Morgan fingerprint density at radius 2 is 1.39 bits per heavy atom. The van der Waals surface area contributed by atoms with Gasteiger partial charge in [0.05, 0.1) is 44.9 Å². The Labute approximate surface area is 380 Å². The van der Waals surface area contributed by atoms with Crippen LogP contribution in [0.4, 0.5) is 17.1 Å². The molecule has 3 aromatic rings. The fourth-order valence-corrected chi connectivity index (χ4v) is 7.21. The number of nitrogens with zero attached hydrogens (tertiary/aromatic N) is 4. The van der Waals surface area contributed by atoms with Gasteiger partial charge < -0.3 is 64.7 Å². The van der Waals surface area contributed by atoms with E-state index in [0.717, 1.165) is 33.1 Å². The van der Waals surface area contributed by atoms with E-state index >= 15 is 0 Å². The molecule has 0 N–H and O–H groups in total. The molecule has 2 aliphatic heterocycles. The molecule has 0 saturated heterocycles. The fraction of sp³-hybridized carbons (Fsp3) is 0.417. The van der Waals surface area contributed by atoms with Gasteiger partial charge in [-0.05, 0) is 69.7 Å². The van der Waals surface area contributed by atoms with Crippen LogP contribution in [0.15, 0.2) is 71.1 Å². The molecule has 1 aliphatic carbocycles. The molecule has 0 atom stereocenters. The first kappa shape index (κ1) is 48.8. The molecule has 15 nitrogen and oxygen atoms in total. The van der Waals surface area contributed by atoms with Crippen molar-refractivity contribution in [2.75, 3.05) is 116 Å². The first-order valence-corrected chi connectivity index (χ1v) is 20.8. The number of carbonyl (C=O) groups is 3. The Balaban J connectivity index is 0.00000771. The van der Waals surface area contributed by atoms with Gasteiger partial charge >= 0.3 is 17.9 Å². The number of ether oxygens (including phenoxy) is 7. The quantitative estimate of drug-likeness (QED) is 0.0927. The summed E-state index contributed by atoms with van der Waals surface area (Å²) < 4.78 is 50.2. The van der Waals surface area contributed by atoms with E-state index < -0.39 is 30.1 Å². The highest BCUT2D eigenvalue weighted by Gasteiger charge is 2.27. The summed E-state index contributed by atoms with van der Waals surface area (Å²) in [5.74, 6) is 0.474. The molecule has 0 amide bonds. The van der Waals surface area contributed by atoms with Crippen molar-refractivity contribution < 1.29 is 64.4 Å². The van der Waals surface area contributed by atoms with Gasteiger partial charge in [-0.25, -0.2) is 9.37 Å². The van der Waals surface area contributed by atoms with E-state index in [2.05, 4.69) is 0 Å². The summed E-state index contributed by atoms with van der Waals surface area (Å²) in [5.41, 5.74) is 5.15. The summed E-state index contributed by atoms with van der Waals surface area (Å²) in [6, 6.07) is 21.4. The van der Waals surface area contributed by atoms with E-state index in [1.54, 1.807) is 31.7 Å². The zero-order valence-corrected chi connectivity index (χ0v) is 39.1. The van der Waals surface area contributed by atoms with Crippen LogP contribution < -0.4 is 51.3 Å². The van der Waals surface area contributed by atoms with Crippen LogP contribution in [0.25, 0.3) is 33.4 Å². The zero-order chi connectivity index (χ0) is 45.4. The molecule has 0 bridgehead atoms. The van der Waals surface area contributed by atoms with E-state index in [1.807, 2.05) is 110 Å². The fourth-order valence-electron chi connectivity index (χ4n) is 7.21. The van der Waals surface area contributed by atoms with Gasteiger partial charge in [0.25, 0.3) is 0 Å². The highest BCUT2D eigenvalue weighted by molar-refractivity contribution is 6.04. The van der Waals surface area contributed by atoms with Crippen LogP contribution in [0.1, 0.15) is 26.3 Å². The number of anilines is 3. The van der Waals surface area contributed by atoms with E-state index in [4.69, 9.17) is 37.6 Å². The number of benzene rings is 4. The minimum Gasteiger partial charge on any atom is -1.00 e. The maximum absolute atomic E-state index is 13.3. The molecule has 0 radical (unpaired) electrons. The highest BCUT2D eigenvalue weighted by atomic mass is 35.5. The van der Waals surface area contributed by atoms with Crippen molar-refractivity contribution in [2.45, 2.75) is 33.3 Å². The molecule has 0 saturated carbocycles. The van der Waals surface area contributed by atoms with Crippen molar-refractivity contribution in [2.24, 2.45) is 0 Å². The summed E-state index contributed by atoms with van der Waals surface area (Å²) >= 11 is 0. The molecule has 0 fully saturated rings. The maximum Gasteiger partial charge on any atom is 0.344 e. The molecule has 3 aliphatic rings. The number of hydrogen-bond donors (Lipinski definition) is 0. The topological polar surface area (TPSA) is 142 Å². The third-order valence-electron chi connectivity index (χ3n) is 10.3. The van der Waals surface area contributed by atoms with Gasteiger partial charge in [0.1, 0.15) is 74.6 Å². The predicted molar refractivity (Wildman–Crippen MR) is 243 cm³/mol. The average Bonchev–Trinajstić information content (AvgIpc) is 3.24. The minimum absolute atomic E-state index is 0.